The van der Waals surface area contributed by atoms with E-state index in [2.05, 4.69) is 25.5 Å². The number of oxazole rings is 1. The van der Waals surface area contributed by atoms with Gasteiger partial charge in [-0.3, -0.25) is 9.89 Å². The van der Waals surface area contributed by atoms with Crippen LogP contribution in [0.1, 0.15) is 37.1 Å². The van der Waals surface area contributed by atoms with E-state index in [9.17, 15) is 0 Å². The number of piperidine rings is 1. The SMILES string of the molecule is CCOc1ccc(NC(=NC)NCC2CCN(Cc3nc(C)c(C)o3)CC2)cc1OC.I. The van der Waals surface area contributed by atoms with Crippen LogP contribution in [0.4, 0.5) is 5.69 Å². The monoisotopic (exact) mass is 557 g/mol. The number of methoxy groups -OCH3 is 1. The van der Waals surface area contributed by atoms with Crippen molar-refractivity contribution in [2.75, 3.05) is 45.7 Å². The van der Waals surface area contributed by atoms with Gasteiger partial charge in [0.2, 0.25) is 5.89 Å². The molecular formula is C23H36IN5O3. The van der Waals surface area contributed by atoms with E-state index in [1.54, 1.807) is 14.2 Å². The number of guanidine groups is 1. The molecule has 32 heavy (non-hydrogen) atoms. The van der Waals surface area contributed by atoms with Crippen LogP contribution in [0.15, 0.2) is 27.6 Å². The smallest absolute Gasteiger partial charge is 0.208 e. The summed E-state index contributed by atoms with van der Waals surface area (Å²) >= 11 is 0. The third kappa shape index (κ3) is 7.26. The fraction of sp³-hybridized carbons (Fsp3) is 0.565. The molecule has 3 rings (SSSR count). The van der Waals surface area contributed by atoms with Crippen LogP contribution < -0.4 is 20.1 Å². The van der Waals surface area contributed by atoms with E-state index < -0.39 is 0 Å². The van der Waals surface area contributed by atoms with Gasteiger partial charge in [0.25, 0.3) is 0 Å². The summed E-state index contributed by atoms with van der Waals surface area (Å²) in [5.41, 5.74) is 1.89. The summed E-state index contributed by atoms with van der Waals surface area (Å²) in [6, 6.07) is 5.79. The normalized spacial score (nSPS) is 15.2. The highest BCUT2D eigenvalue weighted by atomic mass is 127. The molecule has 1 aliphatic heterocycles. The van der Waals surface area contributed by atoms with Crippen molar-refractivity contribution in [1.29, 1.82) is 0 Å². The van der Waals surface area contributed by atoms with Gasteiger partial charge in [0.1, 0.15) is 5.76 Å². The molecule has 178 valence electrons. The number of hydrogen-bond donors (Lipinski definition) is 2. The molecule has 2 N–H and O–H groups in total. The molecule has 0 atom stereocenters. The summed E-state index contributed by atoms with van der Waals surface area (Å²) in [5.74, 6) is 4.53. The second-order valence-corrected chi connectivity index (χ2v) is 7.85. The van der Waals surface area contributed by atoms with Crippen LogP contribution >= 0.6 is 24.0 Å². The molecule has 0 amide bonds. The highest BCUT2D eigenvalue weighted by Gasteiger charge is 2.21. The van der Waals surface area contributed by atoms with Crippen LogP contribution in [-0.2, 0) is 6.54 Å². The Labute approximate surface area is 208 Å². The van der Waals surface area contributed by atoms with Crippen molar-refractivity contribution in [2.24, 2.45) is 10.9 Å². The minimum atomic E-state index is 0. The van der Waals surface area contributed by atoms with Gasteiger partial charge in [-0.1, -0.05) is 0 Å². The van der Waals surface area contributed by atoms with Crippen molar-refractivity contribution in [2.45, 2.75) is 40.2 Å². The summed E-state index contributed by atoms with van der Waals surface area (Å²) in [7, 11) is 3.43. The molecule has 1 aromatic heterocycles. The first-order chi connectivity index (χ1) is 15.0. The number of aromatic nitrogens is 1. The molecule has 0 aliphatic carbocycles. The van der Waals surface area contributed by atoms with Gasteiger partial charge in [-0.05, 0) is 64.8 Å². The minimum absolute atomic E-state index is 0. The number of aryl methyl sites for hydroxylation is 2. The van der Waals surface area contributed by atoms with Crippen molar-refractivity contribution in [3.63, 3.8) is 0 Å². The number of benzene rings is 1. The van der Waals surface area contributed by atoms with E-state index in [0.29, 0.717) is 18.3 Å². The lowest BCUT2D eigenvalue weighted by atomic mass is 9.97. The van der Waals surface area contributed by atoms with Gasteiger partial charge in [0.15, 0.2) is 17.5 Å². The number of anilines is 1. The summed E-state index contributed by atoms with van der Waals surface area (Å²) < 4.78 is 16.7. The van der Waals surface area contributed by atoms with Crippen LogP contribution in [0.2, 0.25) is 0 Å². The van der Waals surface area contributed by atoms with E-state index in [0.717, 1.165) is 73.8 Å². The zero-order chi connectivity index (χ0) is 22.2. The number of halogens is 1. The molecule has 8 nitrogen and oxygen atoms in total. The Kier molecular flexibility index (Phi) is 10.6. The number of aliphatic imine (C=N–C) groups is 1. The summed E-state index contributed by atoms with van der Waals surface area (Å²) in [5, 5.41) is 6.79. The molecule has 9 heteroatoms. The molecule has 0 spiro atoms. The Morgan fingerprint density at radius 2 is 2.00 bits per heavy atom. The van der Waals surface area contributed by atoms with Crippen LogP contribution in [0.3, 0.4) is 0 Å². The van der Waals surface area contributed by atoms with E-state index in [1.165, 1.54) is 0 Å². The lowest BCUT2D eigenvalue weighted by Crippen LogP contribution is -2.40. The maximum Gasteiger partial charge on any atom is 0.208 e. The fourth-order valence-corrected chi connectivity index (χ4v) is 3.72. The quantitative estimate of drug-likeness (QED) is 0.286. The van der Waals surface area contributed by atoms with Crippen LogP contribution in [0.25, 0.3) is 0 Å². The van der Waals surface area contributed by atoms with E-state index >= 15 is 0 Å². The number of rotatable bonds is 8. The van der Waals surface area contributed by atoms with Gasteiger partial charge in [-0.2, -0.15) is 0 Å². The predicted octanol–water partition coefficient (Wildman–Crippen LogP) is 4.22. The first-order valence-corrected chi connectivity index (χ1v) is 11.0. The lowest BCUT2D eigenvalue weighted by Gasteiger charge is -2.31. The van der Waals surface area contributed by atoms with E-state index in [-0.39, 0.29) is 24.0 Å². The molecule has 0 radical (unpaired) electrons. The molecule has 1 saturated heterocycles. The molecule has 0 unspecified atom stereocenters. The number of likely N-dealkylation sites (tertiary alicyclic amines) is 1. The average molecular weight is 557 g/mol. The molecule has 1 aromatic carbocycles. The molecular weight excluding hydrogens is 521 g/mol. The Hall–Kier alpha value is -2.01. The van der Waals surface area contributed by atoms with E-state index in [1.807, 2.05) is 39.0 Å². The van der Waals surface area contributed by atoms with Crippen molar-refractivity contribution >= 4 is 35.6 Å². The molecule has 0 bridgehead atoms. The number of nitrogens with zero attached hydrogens (tertiary/aromatic N) is 3. The maximum absolute atomic E-state index is 5.73. The van der Waals surface area contributed by atoms with Crippen LogP contribution in [0.5, 0.6) is 11.5 Å². The number of nitrogens with one attached hydrogen (secondary N) is 2. The summed E-state index contributed by atoms with van der Waals surface area (Å²) in [6.07, 6.45) is 2.28. The Morgan fingerprint density at radius 1 is 1.25 bits per heavy atom. The van der Waals surface area contributed by atoms with Crippen LogP contribution in [-0.4, -0.2) is 56.2 Å². The summed E-state index contributed by atoms with van der Waals surface area (Å²) in [6.45, 7) is 10.3. The molecule has 0 saturated carbocycles. The van der Waals surface area contributed by atoms with Gasteiger partial charge in [-0.15, -0.1) is 24.0 Å². The highest BCUT2D eigenvalue weighted by molar-refractivity contribution is 14.0. The molecule has 1 fully saturated rings. The van der Waals surface area contributed by atoms with Crippen LogP contribution in [0, 0.1) is 19.8 Å². The molecule has 1 aliphatic rings. The predicted molar refractivity (Wildman–Crippen MR) is 139 cm³/mol. The maximum atomic E-state index is 5.73. The van der Waals surface area contributed by atoms with Crippen molar-refractivity contribution in [3.05, 3.63) is 35.5 Å². The van der Waals surface area contributed by atoms with Gasteiger partial charge in [0.05, 0.1) is 26.0 Å². The Morgan fingerprint density at radius 3 is 2.59 bits per heavy atom. The third-order valence-electron chi connectivity index (χ3n) is 5.65. The van der Waals surface area contributed by atoms with Crippen molar-refractivity contribution in [1.82, 2.24) is 15.2 Å². The molecule has 2 heterocycles. The third-order valence-corrected chi connectivity index (χ3v) is 5.65. The zero-order valence-corrected chi connectivity index (χ0v) is 22.1. The topological polar surface area (TPSA) is 84.2 Å². The second kappa shape index (κ2) is 12.9. The first kappa shape index (κ1) is 26.2. The average Bonchev–Trinajstić information content (AvgIpc) is 3.09. The van der Waals surface area contributed by atoms with Gasteiger partial charge in [-0.25, -0.2) is 4.98 Å². The first-order valence-electron chi connectivity index (χ1n) is 11.0. The van der Waals surface area contributed by atoms with Gasteiger partial charge >= 0.3 is 0 Å². The Bertz CT molecular complexity index is 859. The summed E-state index contributed by atoms with van der Waals surface area (Å²) in [4.78, 5) is 11.3. The number of ether oxygens (including phenoxy) is 2. The van der Waals surface area contributed by atoms with Crippen molar-refractivity contribution in [3.8, 4) is 11.5 Å². The minimum Gasteiger partial charge on any atom is -0.493 e. The van der Waals surface area contributed by atoms with Crippen molar-refractivity contribution < 1.29 is 13.9 Å². The zero-order valence-electron chi connectivity index (χ0n) is 19.7. The highest BCUT2D eigenvalue weighted by Crippen LogP contribution is 2.30. The van der Waals surface area contributed by atoms with Gasteiger partial charge in [0, 0.05) is 25.3 Å². The number of hydrogen-bond acceptors (Lipinski definition) is 6. The largest absolute Gasteiger partial charge is 0.493 e. The standard InChI is InChI=1S/C23H35N5O3.HI/c1-6-30-20-8-7-19(13-21(20)29-5)27-23(24-4)25-14-18-9-11-28(12-10-18)15-22-26-16(2)17(3)31-22;/h7-8,13,18H,6,9-12,14-15H2,1-5H3,(H2,24,25,27);1H. The van der Waals surface area contributed by atoms with Gasteiger partial charge < -0.3 is 24.5 Å². The van der Waals surface area contributed by atoms with E-state index in [4.69, 9.17) is 13.9 Å². The lowest BCUT2D eigenvalue weighted by molar-refractivity contribution is 0.164. The Balaban J connectivity index is 0.00000363. The second-order valence-electron chi connectivity index (χ2n) is 7.85. The molecule has 2 aromatic rings. The fourth-order valence-electron chi connectivity index (χ4n) is 3.72.